The smallest absolute Gasteiger partial charge is 0.00505 e. The van der Waals surface area contributed by atoms with Crippen molar-refractivity contribution in [3.05, 3.63) is 71.8 Å². The first-order valence-corrected chi connectivity index (χ1v) is 8.36. The molecule has 0 aliphatic carbocycles. The van der Waals surface area contributed by atoms with Gasteiger partial charge in [-0.15, -0.1) is 0 Å². The SMILES string of the molecule is CN(C)CC(Cc1ccccc1)(Cc1ccccc1)CN(C)C. The summed E-state index contributed by atoms with van der Waals surface area (Å²) < 4.78 is 0. The first-order valence-electron chi connectivity index (χ1n) is 8.36. The summed E-state index contributed by atoms with van der Waals surface area (Å²) >= 11 is 0. The fraction of sp³-hybridized carbons (Fsp3) is 0.429. The lowest BCUT2D eigenvalue weighted by atomic mass is 9.75. The topological polar surface area (TPSA) is 6.48 Å². The summed E-state index contributed by atoms with van der Waals surface area (Å²) in [5.41, 5.74) is 3.05. The lowest BCUT2D eigenvalue weighted by molar-refractivity contribution is 0.141. The zero-order chi connectivity index (χ0) is 16.7. The van der Waals surface area contributed by atoms with Crippen LogP contribution in [0.3, 0.4) is 0 Å². The van der Waals surface area contributed by atoms with Crippen LogP contribution in [0.5, 0.6) is 0 Å². The third-order valence-corrected chi connectivity index (χ3v) is 4.15. The van der Waals surface area contributed by atoms with Crippen LogP contribution < -0.4 is 0 Å². The minimum Gasteiger partial charge on any atom is -0.309 e. The molecule has 0 atom stereocenters. The summed E-state index contributed by atoms with van der Waals surface area (Å²) in [6.07, 6.45) is 2.19. The summed E-state index contributed by atoms with van der Waals surface area (Å²) in [7, 11) is 8.72. The van der Waals surface area contributed by atoms with E-state index in [2.05, 4.69) is 98.7 Å². The van der Waals surface area contributed by atoms with Crippen LogP contribution in [0.25, 0.3) is 0 Å². The molecular weight excluding hydrogens is 280 g/mol. The van der Waals surface area contributed by atoms with E-state index >= 15 is 0 Å². The fourth-order valence-corrected chi connectivity index (χ4v) is 3.74. The Morgan fingerprint density at radius 1 is 0.609 bits per heavy atom. The van der Waals surface area contributed by atoms with E-state index in [1.54, 1.807) is 0 Å². The Balaban J connectivity index is 2.32. The maximum Gasteiger partial charge on any atom is 0.00505 e. The van der Waals surface area contributed by atoms with Gasteiger partial charge in [-0.1, -0.05) is 60.7 Å². The standard InChI is InChI=1S/C21H30N2/c1-22(2)17-21(18-23(3)4,15-19-11-7-5-8-12-19)16-20-13-9-6-10-14-20/h5-14H,15-18H2,1-4H3. The van der Waals surface area contributed by atoms with Crippen molar-refractivity contribution in [2.24, 2.45) is 5.41 Å². The highest BCUT2D eigenvalue weighted by Crippen LogP contribution is 2.30. The summed E-state index contributed by atoms with van der Waals surface area (Å²) in [6, 6.07) is 21.8. The van der Waals surface area contributed by atoms with E-state index in [9.17, 15) is 0 Å². The number of hydrogen-bond donors (Lipinski definition) is 0. The Kier molecular flexibility index (Phi) is 6.37. The van der Waals surface area contributed by atoms with Gasteiger partial charge in [-0.3, -0.25) is 0 Å². The van der Waals surface area contributed by atoms with Gasteiger partial charge >= 0.3 is 0 Å². The van der Waals surface area contributed by atoms with E-state index in [0.717, 1.165) is 25.9 Å². The van der Waals surface area contributed by atoms with Gasteiger partial charge in [0.15, 0.2) is 0 Å². The first kappa shape index (κ1) is 17.7. The Hall–Kier alpha value is -1.64. The highest BCUT2D eigenvalue weighted by Gasteiger charge is 2.32. The van der Waals surface area contributed by atoms with Crippen molar-refractivity contribution < 1.29 is 0 Å². The normalized spacial score (nSPS) is 12.1. The quantitative estimate of drug-likeness (QED) is 0.735. The van der Waals surface area contributed by atoms with Crippen LogP contribution in [-0.2, 0) is 12.8 Å². The molecule has 0 aliphatic heterocycles. The number of benzene rings is 2. The summed E-state index contributed by atoms with van der Waals surface area (Å²) in [4.78, 5) is 4.66. The molecule has 2 rings (SSSR count). The largest absolute Gasteiger partial charge is 0.309 e. The van der Waals surface area contributed by atoms with Crippen LogP contribution >= 0.6 is 0 Å². The van der Waals surface area contributed by atoms with Crippen molar-refractivity contribution in [2.45, 2.75) is 12.8 Å². The maximum absolute atomic E-state index is 2.33. The van der Waals surface area contributed by atoms with Gasteiger partial charge in [0.2, 0.25) is 0 Å². The molecule has 2 aromatic rings. The van der Waals surface area contributed by atoms with E-state index in [1.807, 2.05) is 0 Å². The van der Waals surface area contributed by atoms with Crippen LogP contribution in [0.1, 0.15) is 11.1 Å². The van der Waals surface area contributed by atoms with Crippen molar-refractivity contribution in [1.29, 1.82) is 0 Å². The highest BCUT2D eigenvalue weighted by molar-refractivity contribution is 5.21. The van der Waals surface area contributed by atoms with E-state index in [1.165, 1.54) is 11.1 Å². The second-order valence-electron chi connectivity index (χ2n) is 7.30. The van der Waals surface area contributed by atoms with Gasteiger partial charge in [0.25, 0.3) is 0 Å². The van der Waals surface area contributed by atoms with Gasteiger partial charge in [-0.25, -0.2) is 0 Å². The van der Waals surface area contributed by atoms with Gasteiger partial charge in [0.1, 0.15) is 0 Å². The number of rotatable bonds is 8. The van der Waals surface area contributed by atoms with Crippen molar-refractivity contribution in [2.75, 3.05) is 41.3 Å². The predicted octanol–water partition coefficient (Wildman–Crippen LogP) is 3.58. The molecule has 0 spiro atoms. The van der Waals surface area contributed by atoms with E-state index in [4.69, 9.17) is 0 Å². The lowest BCUT2D eigenvalue weighted by Crippen LogP contribution is -2.45. The molecule has 0 aliphatic rings. The minimum atomic E-state index is 0.204. The second-order valence-corrected chi connectivity index (χ2v) is 7.30. The lowest BCUT2D eigenvalue weighted by Gasteiger charge is -2.39. The van der Waals surface area contributed by atoms with Gasteiger partial charge in [0, 0.05) is 18.5 Å². The molecule has 2 aromatic carbocycles. The minimum absolute atomic E-state index is 0.204. The van der Waals surface area contributed by atoms with Gasteiger partial charge in [-0.05, 0) is 52.2 Å². The number of nitrogens with zero attached hydrogens (tertiary/aromatic N) is 2. The Labute approximate surface area is 141 Å². The molecule has 0 bridgehead atoms. The maximum atomic E-state index is 2.33. The Morgan fingerprint density at radius 2 is 0.957 bits per heavy atom. The first-order chi connectivity index (χ1) is 11.0. The molecule has 0 saturated carbocycles. The second kappa shape index (κ2) is 8.28. The van der Waals surface area contributed by atoms with Gasteiger partial charge in [-0.2, -0.15) is 0 Å². The van der Waals surface area contributed by atoms with E-state index < -0.39 is 0 Å². The highest BCUT2D eigenvalue weighted by atomic mass is 15.1. The van der Waals surface area contributed by atoms with E-state index in [0.29, 0.717) is 0 Å². The fourth-order valence-electron chi connectivity index (χ4n) is 3.74. The molecule has 0 N–H and O–H groups in total. The predicted molar refractivity (Wildman–Crippen MR) is 99.8 cm³/mol. The molecule has 0 unspecified atom stereocenters. The molecule has 2 heteroatoms. The Bertz CT molecular complexity index is 507. The molecule has 0 amide bonds. The molecule has 23 heavy (non-hydrogen) atoms. The monoisotopic (exact) mass is 310 g/mol. The molecular formula is C21H30N2. The summed E-state index contributed by atoms with van der Waals surface area (Å²) in [5, 5.41) is 0. The summed E-state index contributed by atoms with van der Waals surface area (Å²) in [5.74, 6) is 0. The summed E-state index contributed by atoms with van der Waals surface area (Å²) in [6.45, 7) is 2.16. The average molecular weight is 310 g/mol. The zero-order valence-corrected chi connectivity index (χ0v) is 15.0. The van der Waals surface area contributed by atoms with Crippen LogP contribution in [-0.4, -0.2) is 51.1 Å². The van der Waals surface area contributed by atoms with Gasteiger partial charge < -0.3 is 9.80 Å². The molecule has 0 fully saturated rings. The molecule has 0 saturated heterocycles. The zero-order valence-electron chi connectivity index (χ0n) is 15.0. The van der Waals surface area contributed by atoms with E-state index in [-0.39, 0.29) is 5.41 Å². The van der Waals surface area contributed by atoms with Crippen LogP contribution in [0.4, 0.5) is 0 Å². The van der Waals surface area contributed by atoms with Crippen LogP contribution in [0.15, 0.2) is 60.7 Å². The van der Waals surface area contributed by atoms with Crippen molar-refractivity contribution in [1.82, 2.24) is 9.80 Å². The third-order valence-electron chi connectivity index (χ3n) is 4.15. The van der Waals surface area contributed by atoms with Crippen molar-refractivity contribution in [3.8, 4) is 0 Å². The van der Waals surface area contributed by atoms with Crippen LogP contribution in [0.2, 0.25) is 0 Å². The third kappa shape index (κ3) is 5.81. The van der Waals surface area contributed by atoms with Crippen molar-refractivity contribution >= 4 is 0 Å². The molecule has 2 nitrogen and oxygen atoms in total. The van der Waals surface area contributed by atoms with Crippen molar-refractivity contribution in [3.63, 3.8) is 0 Å². The Morgan fingerprint density at radius 3 is 1.26 bits per heavy atom. The average Bonchev–Trinajstić information content (AvgIpc) is 2.47. The number of hydrogen-bond acceptors (Lipinski definition) is 2. The molecule has 0 heterocycles. The van der Waals surface area contributed by atoms with Crippen LogP contribution in [0, 0.1) is 5.41 Å². The molecule has 0 radical (unpaired) electrons. The van der Waals surface area contributed by atoms with Gasteiger partial charge in [0.05, 0.1) is 0 Å². The molecule has 124 valence electrons. The molecule has 0 aromatic heterocycles.